The first kappa shape index (κ1) is 23.0. The minimum Gasteiger partial charge on any atom is -0.351 e. The quantitative estimate of drug-likeness (QED) is 0.531. The molecule has 10 nitrogen and oxygen atoms in total. The predicted molar refractivity (Wildman–Crippen MR) is 122 cm³/mol. The molecule has 0 aromatic carbocycles. The first-order chi connectivity index (χ1) is 16.2. The van der Waals surface area contributed by atoms with E-state index in [0.29, 0.717) is 35.4 Å². The fourth-order valence-electron chi connectivity index (χ4n) is 4.61. The molecule has 1 aliphatic carbocycles. The van der Waals surface area contributed by atoms with Crippen LogP contribution in [-0.4, -0.2) is 81.9 Å². The summed E-state index contributed by atoms with van der Waals surface area (Å²) in [6.07, 6.45) is 3.71. The van der Waals surface area contributed by atoms with Crippen LogP contribution >= 0.6 is 0 Å². The monoisotopic (exact) mass is 492 g/mol. The second-order valence-electron chi connectivity index (χ2n) is 8.82. The van der Waals surface area contributed by atoms with Crippen LogP contribution < -0.4 is 9.62 Å². The minimum atomic E-state index is -3.32. The topological polar surface area (TPSA) is 109 Å². The summed E-state index contributed by atoms with van der Waals surface area (Å²) in [5.74, 6) is 0.678. The first-order valence-corrected chi connectivity index (χ1v) is 13.0. The van der Waals surface area contributed by atoms with E-state index in [4.69, 9.17) is 0 Å². The molecule has 1 saturated carbocycles. The number of imidazole rings is 1. The van der Waals surface area contributed by atoms with Gasteiger partial charge in [-0.3, -0.25) is 4.90 Å². The summed E-state index contributed by atoms with van der Waals surface area (Å²) in [5, 5.41) is 4.02. The van der Waals surface area contributed by atoms with Crippen LogP contribution in [0.4, 0.5) is 14.6 Å². The van der Waals surface area contributed by atoms with Crippen LogP contribution in [0.15, 0.2) is 30.7 Å². The van der Waals surface area contributed by atoms with Gasteiger partial charge in [0, 0.05) is 43.8 Å². The van der Waals surface area contributed by atoms with Crippen molar-refractivity contribution in [3.63, 3.8) is 0 Å². The van der Waals surface area contributed by atoms with Gasteiger partial charge in [-0.15, -0.1) is 0 Å². The van der Waals surface area contributed by atoms with Crippen molar-refractivity contribution in [3.05, 3.63) is 36.4 Å². The molecule has 1 aliphatic heterocycles. The zero-order valence-electron chi connectivity index (χ0n) is 18.8. The highest BCUT2D eigenvalue weighted by Crippen LogP contribution is 2.34. The van der Waals surface area contributed by atoms with Gasteiger partial charge in [0.05, 0.1) is 18.1 Å². The number of hydrogen-bond donors (Lipinski definition) is 1. The van der Waals surface area contributed by atoms with Gasteiger partial charge < -0.3 is 4.90 Å². The number of piperazine rings is 1. The van der Waals surface area contributed by atoms with Crippen LogP contribution in [0, 0.1) is 0 Å². The van der Waals surface area contributed by atoms with Gasteiger partial charge in [0.15, 0.2) is 5.65 Å². The maximum Gasteiger partial charge on any atom is 0.282 e. The summed E-state index contributed by atoms with van der Waals surface area (Å²) in [4.78, 5) is 17.6. The average molecular weight is 493 g/mol. The Balaban J connectivity index is 1.45. The van der Waals surface area contributed by atoms with Crippen LogP contribution in [0.2, 0.25) is 0 Å². The zero-order chi connectivity index (χ0) is 24.0. The summed E-state index contributed by atoms with van der Waals surface area (Å²) in [7, 11) is -3.32. The Bertz CT molecular complexity index is 1300. The predicted octanol–water partition coefficient (Wildman–Crippen LogP) is 1.71. The molecular weight excluding hydrogens is 466 g/mol. The number of rotatable bonds is 7. The van der Waals surface area contributed by atoms with Gasteiger partial charge in [-0.1, -0.05) is 0 Å². The zero-order valence-corrected chi connectivity index (χ0v) is 19.7. The number of hydrogen-bond acceptors (Lipinski definition) is 8. The second-order valence-corrected chi connectivity index (χ2v) is 10.7. The van der Waals surface area contributed by atoms with Gasteiger partial charge in [-0.2, -0.15) is 5.10 Å². The molecule has 0 spiro atoms. The summed E-state index contributed by atoms with van der Waals surface area (Å²) >= 11 is 0. The van der Waals surface area contributed by atoms with Crippen molar-refractivity contribution in [1.82, 2.24) is 34.2 Å². The average Bonchev–Trinajstić information content (AvgIpc) is 3.55. The second kappa shape index (κ2) is 8.78. The molecule has 3 aromatic rings. The molecule has 2 atom stereocenters. The number of aromatic nitrogens is 5. The van der Waals surface area contributed by atoms with Gasteiger partial charge in [-0.25, -0.2) is 41.4 Å². The lowest BCUT2D eigenvalue weighted by Gasteiger charge is -2.47. The third-order valence-corrected chi connectivity index (χ3v) is 7.15. The maximum absolute atomic E-state index is 13.2. The third kappa shape index (κ3) is 4.59. The van der Waals surface area contributed by atoms with Crippen LogP contribution in [0.5, 0.6) is 0 Å². The molecule has 1 saturated heterocycles. The molecule has 2 unspecified atom stereocenters. The van der Waals surface area contributed by atoms with Crippen molar-refractivity contribution < 1.29 is 17.2 Å². The van der Waals surface area contributed by atoms with Crippen molar-refractivity contribution in [2.45, 2.75) is 44.3 Å². The summed E-state index contributed by atoms with van der Waals surface area (Å²) in [5.41, 5.74) is 1.10. The van der Waals surface area contributed by atoms with Gasteiger partial charge >= 0.3 is 0 Å². The Morgan fingerprint density at radius 3 is 2.68 bits per heavy atom. The van der Waals surface area contributed by atoms with E-state index in [1.807, 2.05) is 0 Å². The van der Waals surface area contributed by atoms with Gasteiger partial charge in [0.1, 0.15) is 23.5 Å². The summed E-state index contributed by atoms with van der Waals surface area (Å²) in [6.45, 7) is 3.90. The van der Waals surface area contributed by atoms with E-state index in [0.717, 1.165) is 25.9 Å². The van der Waals surface area contributed by atoms with Crippen LogP contribution in [0.1, 0.15) is 31.9 Å². The molecule has 0 amide bonds. The Morgan fingerprint density at radius 2 is 1.97 bits per heavy atom. The van der Waals surface area contributed by atoms with Gasteiger partial charge in [0.2, 0.25) is 10.0 Å². The van der Waals surface area contributed by atoms with Crippen LogP contribution in [0.25, 0.3) is 17.0 Å². The number of fused-ring (bicyclic) bond motifs is 1. The lowest BCUT2D eigenvalue weighted by atomic mass is 10.0. The van der Waals surface area contributed by atoms with Crippen molar-refractivity contribution in [3.8, 4) is 11.4 Å². The van der Waals surface area contributed by atoms with E-state index >= 15 is 0 Å². The number of sulfonamides is 1. The van der Waals surface area contributed by atoms with Gasteiger partial charge in [0.25, 0.3) is 6.43 Å². The molecule has 13 heteroatoms. The first-order valence-electron chi connectivity index (χ1n) is 11.1. The Kier molecular flexibility index (Phi) is 5.94. The smallest absolute Gasteiger partial charge is 0.282 e. The van der Waals surface area contributed by atoms with Crippen molar-refractivity contribution >= 4 is 21.5 Å². The summed E-state index contributed by atoms with van der Waals surface area (Å²) < 4.78 is 53.9. The van der Waals surface area contributed by atoms with E-state index in [1.165, 1.54) is 29.2 Å². The Labute approximate surface area is 196 Å². The van der Waals surface area contributed by atoms with E-state index in [2.05, 4.69) is 41.5 Å². The third-order valence-electron chi connectivity index (χ3n) is 6.46. The minimum absolute atomic E-state index is 0.0135. The fourth-order valence-corrected chi connectivity index (χ4v) is 5.08. The molecule has 0 bridgehead atoms. The molecule has 2 aliphatic rings. The van der Waals surface area contributed by atoms with E-state index < -0.39 is 16.4 Å². The van der Waals surface area contributed by atoms with Crippen molar-refractivity contribution in [2.75, 3.05) is 30.8 Å². The standard InChI is InChI=1S/C21H26F2N8O2S/c1-13-17(11-27-34(2,32)33)30(14-3-4-14)8-7-29(13)20-9-16(25-12-26-20)18-10-24-19-6-5-15(21(22)23)28-31(18)19/h5-6,9-10,12-14,17,21,27H,3-4,7-8,11H2,1-2H3. The number of anilines is 1. The molecule has 1 N–H and O–H groups in total. The van der Waals surface area contributed by atoms with Crippen LogP contribution in [-0.2, 0) is 10.0 Å². The molecule has 2 fully saturated rings. The summed E-state index contributed by atoms with van der Waals surface area (Å²) in [6, 6.07) is 5.01. The van der Waals surface area contributed by atoms with E-state index in [9.17, 15) is 17.2 Å². The molecular formula is C21H26F2N8O2S. The fraction of sp³-hybridized carbons (Fsp3) is 0.524. The van der Waals surface area contributed by atoms with E-state index in [-0.39, 0.29) is 17.8 Å². The maximum atomic E-state index is 13.2. The molecule has 4 heterocycles. The lowest BCUT2D eigenvalue weighted by Crippen LogP contribution is -2.62. The number of halogens is 2. The van der Waals surface area contributed by atoms with Crippen molar-refractivity contribution in [1.29, 1.82) is 0 Å². The van der Waals surface area contributed by atoms with Crippen molar-refractivity contribution in [2.24, 2.45) is 0 Å². The Hall–Kier alpha value is -2.77. The SMILES string of the molecule is CC1C(CNS(C)(=O)=O)N(C2CC2)CCN1c1cc(-c2cnc3ccc(C(F)F)nn23)ncn1. The highest BCUT2D eigenvalue weighted by atomic mass is 32.2. The molecule has 0 radical (unpaired) electrons. The Morgan fingerprint density at radius 1 is 1.18 bits per heavy atom. The molecule has 5 rings (SSSR count). The normalized spacial score (nSPS) is 22.1. The number of nitrogens with zero attached hydrogens (tertiary/aromatic N) is 7. The lowest BCUT2D eigenvalue weighted by molar-refractivity contribution is 0.138. The molecule has 3 aromatic heterocycles. The highest BCUT2D eigenvalue weighted by Gasteiger charge is 2.41. The number of nitrogens with one attached hydrogen (secondary N) is 1. The largest absolute Gasteiger partial charge is 0.351 e. The van der Waals surface area contributed by atoms with Gasteiger partial charge in [-0.05, 0) is 31.9 Å². The van der Waals surface area contributed by atoms with E-state index in [1.54, 1.807) is 12.3 Å². The van der Waals surface area contributed by atoms with Crippen LogP contribution in [0.3, 0.4) is 0 Å². The molecule has 182 valence electrons. The highest BCUT2D eigenvalue weighted by molar-refractivity contribution is 7.88. The number of alkyl halides is 2. The molecule has 34 heavy (non-hydrogen) atoms.